The molecule has 3 aliphatic heterocycles. The number of aliphatic hydroxyl groups excluding tert-OH is 1. The van der Waals surface area contributed by atoms with Crippen molar-refractivity contribution in [3.8, 4) is 5.88 Å². The average molecular weight is 935 g/mol. The van der Waals surface area contributed by atoms with Crippen molar-refractivity contribution >= 4 is 62.7 Å². The van der Waals surface area contributed by atoms with Crippen LogP contribution in [-0.4, -0.2) is 175 Å². The third-order valence-electron chi connectivity index (χ3n) is 13.0. The topological polar surface area (TPSA) is 254 Å². The maximum Gasteiger partial charge on any atom is 0.264 e. The first kappa shape index (κ1) is 47.3. The number of benzene rings is 1. The number of piperidine rings is 1. The first-order chi connectivity index (χ1) is 32.1. The molecular formula is C45H58N8O12S. The van der Waals surface area contributed by atoms with E-state index in [1.165, 1.54) is 4.88 Å². The molecule has 5 heterocycles. The molecule has 2 aromatic heterocycles. The van der Waals surface area contributed by atoms with Gasteiger partial charge in [0.2, 0.25) is 29.5 Å². The molecule has 20 nitrogen and oxygen atoms in total. The van der Waals surface area contributed by atoms with E-state index in [1.54, 1.807) is 35.9 Å². The van der Waals surface area contributed by atoms with Gasteiger partial charge in [0.1, 0.15) is 36.0 Å². The average Bonchev–Trinajstić information content (AvgIpc) is 3.97. The SMILES string of the molecule is NC(=O)[C@@H](O)C[C@H]1CCc2sc3ncnc(OC4CCC(N5CCN(C(=O)COCCOCCOCCOCCNc6cccc7c6C(=O)N(C6CCC(=O)NC6=O)C7=O)CC5)CC4)c3c21. The zero-order valence-electron chi connectivity index (χ0n) is 36.9. The molecule has 2 aliphatic carbocycles. The zero-order valence-corrected chi connectivity index (χ0v) is 37.7. The number of nitrogens with one attached hydrogen (secondary N) is 2. The van der Waals surface area contributed by atoms with Crippen LogP contribution in [0.3, 0.4) is 0 Å². The highest BCUT2D eigenvalue weighted by Gasteiger charge is 2.45. The minimum absolute atomic E-state index is 0.00655. The Bertz CT molecular complexity index is 2260. The van der Waals surface area contributed by atoms with Crippen LogP contribution in [0.4, 0.5) is 5.69 Å². The number of aryl methyl sites for hydroxylation is 1. The van der Waals surface area contributed by atoms with Crippen LogP contribution >= 0.6 is 11.3 Å². The summed E-state index contributed by atoms with van der Waals surface area (Å²) in [7, 11) is 0. The number of hydrogen-bond acceptors (Lipinski definition) is 17. The number of nitrogens with two attached hydrogens (primary N) is 1. The molecule has 0 radical (unpaired) electrons. The maximum atomic E-state index is 13.2. The molecule has 3 fully saturated rings. The van der Waals surface area contributed by atoms with E-state index in [1.807, 2.05) is 4.90 Å². The lowest BCUT2D eigenvalue weighted by molar-refractivity contribution is -0.139. The van der Waals surface area contributed by atoms with Crippen molar-refractivity contribution in [2.75, 3.05) is 90.9 Å². The van der Waals surface area contributed by atoms with Crippen molar-refractivity contribution in [1.29, 1.82) is 0 Å². The Morgan fingerprint density at radius 3 is 2.29 bits per heavy atom. The van der Waals surface area contributed by atoms with E-state index in [4.69, 9.17) is 29.4 Å². The second-order valence-electron chi connectivity index (χ2n) is 17.1. The van der Waals surface area contributed by atoms with Gasteiger partial charge in [0.15, 0.2) is 0 Å². The quantitative estimate of drug-likeness (QED) is 0.0820. The van der Waals surface area contributed by atoms with E-state index in [9.17, 15) is 33.9 Å². The highest BCUT2D eigenvalue weighted by atomic mass is 32.1. The van der Waals surface area contributed by atoms with Crippen molar-refractivity contribution in [1.82, 2.24) is 30.0 Å². The summed E-state index contributed by atoms with van der Waals surface area (Å²) in [6, 6.07) is 4.30. The molecule has 3 atom stereocenters. The second kappa shape index (κ2) is 22.1. The summed E-state index contributed by atoms with van der Waals surface area (Å²) < 4.78 is 28.9. The summed E-state index contributed by atoms with van der Waals surface area (Å²) in [5, 5.41) is 16.4. The van der Waals surface area contributed by atoms with Gasteiger partial charge >= 0.3 is 0 Å². The molecule has 3 aromatic rings. The van der Waals surface area contributed by atoms with Crippen molar-refractivity contribution in [2.24, 2.45) is 5.73 Å². The fraction of sp³-hybridized carbons (Fsp3) is 0.600. The Morgan fingerprint density at radius 1 is 0.864 bits per heavy atom. The number of ether oxygens (including phenoxy) is 5. The number of piperazine rings is 1. The minimum Gasteiger partial charge on any atom is -0.474 e. The molecule has 6 amide bonds. The Labute approximate surface area is 385 Å². The molecule has 5 N–H and O–H groups in total. The molecule has 1 saturated carbocycles. The van der Waals surface area contributed by atoms with Crippen molar-refractivity contribution in [3.05, 3.63) is 46.1 Å². The van der Waals surface area contributed by atoms with Gasteiger partial charge in [0, 0.05) is 55.8 Å². The molecule has 21 heteroatoms. The lowest BCUT2D eigenvalue weighted by Gasteiger charge is -2.41. The second-order valence-corrected chi connectivity index (χ2v) is 18.2. The molecule has 1 unspecified atom stereocenters. The smallest absolute Gasteiger partial charge is 0.264 e. The van der Waals surface area contributed by atoms with Crippen LogP contribution in [0.1, 0.15) is 88.4 Å². The van der Waals surface area contributed by atoms with Crippen LogP contribution in [0, 0.1) is 0 Å². The summed E-state index contributed by atoms with van der Waals surface area (Å²) >= 11 is 1.63. The molecule has 1 aromatic carbocycles. The van der Waals surface area contributed by atoms with Gasteiger partial charge in [-0.25, -0.2) is 9.97 Å². The number of primary amides is 1. The third kappa shape index (κ3) is 11.0. The summed E-state index contributed by atoms with van der Waals surface area (Å²) in [5.41, 5.74) is 7.32. The number of fused-ring (bicyclic) bond motifs is 4. The lowest BCUT2D eigenvalue weighted by atomic mass is 9.91. The first-order valence-electron chi connectivity index (χ1n) is 22.9. The fourth-order valence-corrected chi connectivity index (χ4v) is 10.8. The predicted molar refractivity (Wildman–Crippen MR) is 238 cm³/mol. The van der Waals surface area contributed by atoms with E-state index < -0.39 is 41.7 Å². The molecule has 0 spiro atoms. The third-order valence-corrected chi connectivity index (χ3v) is 14.2. The van der Waals surface area contributed by atoms with Gasteiger partial charge in [-0.3, -0.25) is 43.9 Å². The van der Waals surface area contributed by atoms with Crippen LogP contribution in [-0.2, 0) is 44.5 Å². The van der Waals surface area contributed by atoms with E-state index in [0.717, 1.165) is 72.3 Å². The number of hydrogen-bond donors (Lipinski definition) is 4. The number of carbonyl (C=O) groups is 6. The first-order valence-corrected chi connectivity index (χ1v) is 23.7. The predicted octanol–water partition coefficient (Wildman–Crippen LogP) is 1.37. The van der Waals surface area contributed by atoms with E-state index in [-0.39, 0.29) is 54.9 Å². The number of nitrogens with zero attached hydrogens (tertiary/aromatic N) is 5. The highest BCUT2D eigenvalue weighted by molar-refractivity contribution is 7.19. The number of aromatic nitrogens is 2. The number of rotatable bonds is 22. The number of carbonyl (C=O) groups excluding carboxylic acids is 6. The zero-order chi connectivity index (χ0) is 46.2. The molecule has 5 aliphatic rings. The standard InChI is InChI=1S/C45H58N8O12S/c46-40(57)33(54)24-27-4-10-34-37(27)39-42(48-26-49-43(39)66-34)65-29-7-5-28(6-8-29)51-13-15-52(16-14-51)36(56)25-64-23-22-63-21-20-62-19-18-61-17-12-47-31-3-1-2-30-38(31)45(60)53(44(30)59)32-9-11-35(55)50-41(32)58/h1-3,26-29,32-33,47,54H,4-25H2,(H2,46,57)(H,50,55,58)/t27-,28?,29?,32?,33+/m1/s1. The van der Waals surface area contributed by atoms with Crippen LogP contribution in [0.5, 0.6) is 5.88 Å². The number of imide groups is 2. The Morgan fingerprint density at radius 2 is 1.58 bits per heavy atom. The van der Waals surface area contributed by atoms with E-state index in [2.05, 4.69) is 25.5 Å². The summed E-state index contributed by atoms with van der Waals surface area (Å²) in [4.78, 5) is 91.0. The maximum absolute atomic E-state index is 13.2. The largest absolute Gasteiger partial charge is 0.474 e. The van der Waals surface area contributed by atoms with E-state index in [0.29, 0.717) is 83.5 Å². The Kier molecular flexibility index (Phi) is 15.8. The summed E-state index contributed by atoms with van der Waals surface area (Å²) in [5.74, 6) is -2.35. The van der Waals surface area contributed by atoms with E-state index >= 15 is 0 Å². The van der Waals surface area contributed by atoms with Crippen molar-refractivity contribution < 1.29 is 57.6 Å². The lowest BCUT2D eigenvalue weighted by Crippen LogP contribution is -2.54. The number of aliphatic hydroxyl groups is 1. The Hall–Kier alpha value is -5.16. The van der Waals surface area contributed by atoms with Gasteiger partial charge in [-0.1, -0.05) is 6.07 Å². The Balaban J connectivity index is 0.637. The molecule has 66 heavy (non-hydrogen) atoms. The fourth-order valence-electron chi connectivity index (χ4n) is 9.60. The molecule has 356 valence electrons. The van der Waals surface area contributed by atoms with Gasteiger partial charge in [0.05, 0.1) is 62.8 Å². The van der Waals surface area contributed by atoms with Gasteiger partial charge in [-0.05, 0) is 75.0 Å². The van der Waals surface area contributed by atoms with Crippen molar-refractivity contribution in [2.45, 2.75) is 88.0 Å². The van der Waals surface area contributed by atoms with Crippen LogP contribution in [0.2, 0.25) is 0 Å². The van der Waals surface area contributed by atoms with Gasteiger partial charge in [-0.2, -0.15) is 0 Å². The van der Waals surface area contributed by atoms with Crippen molar-refractivity contribution in [3.63, 3.8) is 0 Å². The molecule has 0 bridgehead atoms. The van der Waals surface area contributed by atoms with Gasteiger partial charge < -0.3 is 44.7 Å². The van der Waals surface area contributed by atoms with Crippen LogP contribution < -0.4 is 21.1 Å². The minimum atomic E-state index is -1.19. The summed E-state index contributed by atoms with van der Waals surface area (Å²) in [6.07, 6.45) is 6.32. The number of anilines is 1. The molecule has 8 rings (SSSR count). The number of amides is 6. The van der Waals surface area contributed by atoms with Gasteiger partial charge in [-0.15, -0.1) is 11.3 Å². The van der Waals surface area contributed by atoms with Gasteiger partial charge in [0.25, 0.3) is 11.8 Å². The number of thiophene rings is 1. The van der Waals surface area contributed by atoms with Crippen LogP contribution in [0.15, 0.2) is 24.5 Å². The highest BCUT2D eigenvalue weighted by Crippen LogP contribution is 2.48. The summed E-state index contributed by atoms with van der Waals surface area (Å²) in [6.45, 7) is 5.68. The molecular weight excluding hydrogens is 877 g/mol. The monoisotopic (exact) mass is 934 g/mol. The van der Waals surface area contributed by atoms with Crippen LogP contribution in [0.25, 0.3) is 10.2 Å². The normalized spacial score (nSPS) is 22.7. The molecule has 2 saturated heterocycles.